The first-order valence-corrected chi connectivity index (χ1v) is 6.74. The highest BCUT2D eigenvalue weighted by Crippen LogP contribution is 2.33. The monoisotopic (exact) mass is 234 g/mol. The molecule has 0 amide bonds. The molecule has 0 N–H and O–H groups in total. The van der Waals surface area contributed by atoms with Gasteiger partial charge in [0.15, 0.2) is 0 Å². The molecule has 1 fully saturated rings. The van der Waals surface area contributed by atoms with Crippen LogP contribution in [0.4, 0.5) is 0 Å². The third-order valence-electron chi connectivity index (χ3n) is 3.36. The van der Waals surface area contributed by atoms with E-state index in [2.05, 4.69) is 0 Å². The summed E-state index contributed by atoms with van der Waals surface area (Å²) in [5, 5.41) is 1.92. The van der Waals surface area contributed by atoms with Gasteiger partial charge in [-0.2, -0.15) is 0 Å². The van der Waals surface area contributed by atoms with Gasteiger partial charge in [0.25, 0.3) is 0 Å². The molecule has 84 valence electrons. The summed E-state index contributed by atoms with van der Waals surface area (Å²) >= 11 is 1.46. The Balaban J connectivity index is 2.06. The Labute approximate surface area is 97.9 Å². The van der Waals surface area contributed by atoms with Crippen molar-refractivity contribution < 1.29 is 4.42 Å². The van der Waals surface area contributed by atoms with Gasteiger partial charge >= 0.3 is 0 Å². The SMILES string of the molecule is O=c1cc(C2CCCCC2)oc2ccsc12. The Hall–Kier alpha value is -1.09. The summed E-state index contributed by atoms with van der Waals surface area (Å²) in [6.07, 6.45) is 6.17. The van der Waals surface area contributed by atoms with Crippen LogP contribution < -0.4 is 5.43 Å². The largest absolute Gasteiger partial charge is 0.460 e. The van der Waals surface area contributed by atoms with Gasteiger partial charge in [0, 0.05) is 12.0 Å². The van der Waals surface area contributed by atoms with E-state index in [1.54, 1.807) is 6.07 Å². The predicted octanol–water partition coefficient (Wildman–Crippen LogP) is 3.90. The standard InChI is InChI=1S/C13H14O2S/c14-10-8-12(9-4-2-1-3-5-9)15-11-6-7-16-13(10)11/h6-9H,1-5H2. The van der Waals surface area contributed by atoms with Crippen LogP contribution in [0.3, 0.4) is 0 Å². The highest BCUT2D eigenvalue weighted by Gasteiger charge is 2.19. The van der Waals surface area contributed by atoms with Gasteiger partial charge in [0.2, 0.25) is 5.43 Å². The normalized spacial score (nSPS) is 18.0. The second-order valence-corrected chi connectivity index (χ2v) is 5.38. The molecule has 1 aliphatic rings. The van der Waals surface area contributed by atoms with Crippen LogP contribution in [0.1, 0.15) is 43.8 Å². The smallest absolute Gasteiger partial charge is 0.202 e. The Morgan fingerprint density at radius 3 is 2.88 bits per heavy atom. The summed E-state index contributed by atoms with van der Waals surface area (Å²) in [7, 11) is 0. The van der Waals surface area contributed by atoms with E-state index in [1.165, 1.54) is 43.4 Å². The van der Waals surface area contributed by atoms with Gasteiger partial charge in [-0.15, -0.1) is 11.3 Å². The van der Waals surface area contributed by atoms with Crippen LogP contribution in [0.5, 0.6) is 0 Å². The summed E-state index contributed by atoms with van der Waals surface area (Å²) < 4.78 is 6.58. The lowest BCUT2D eigenvalue weighted by molar-refractivity contribution is 0.380. The zero-order valence-corrected chi connectivity index (χ0v) is 9.89. The van der Waals surface area contributed by atoms with E-state index < -0.39 is 0 Å². The number of rotatable bonds is 1. The van der Waals surface area contributed by atoms with E-state index in [0.717, 1.165) is 16.0 Å². The molecule has 16 heavy (non-hydrogen) atoms. The minimum Gasteiger partial charge on any atom is -0.460 e. The first-order chi connectivity index (χ1) is 7.84. The molecule has 2 heterocycles. The van der Waals surface area contributed by atoms with Gasteiger partial charge in [-0.05, 0) is 24.3 Å². The zero-order valence-electron chi connectivity index (χ0n) is 9.07. The molecule has 2 aromatic heterocycles. The number of hydrogen-bond acceptors (Lipinski definition) is 3. The van der Waals surface area contributed by atoms with Crippen LogP contribution in [-0.2, 0) is 0 Å². The Morgan fingerprint density at radius 1 is 1.25 bits per heavy atom. The maximum atomic E-state index is 11.9. The number of fused-ring (bicyclic) bond motifs is 1. The molecule has 0 unspecified atom stereocenters. The van der Waals surface area contributed by atoms with Gasteiger partial charge in [0.05, 0.1) is 0 Å². The third kappa shape index (κ3) is 1.69. The van der Waals surface area contributed by atoms with Crippen molar-refractivity contribution in [1.82, 2.24) is 0 Å². The van der Waals surface area contributed by atoms with Crippen molar-refractivity contribution >= 4 is 21.6 Å². The molecule has 0 bridgehead atoms. The highest BCUT2D eigenvalue weighted by atomic mass is 32.1. The summed E-state index contributed by atoms with van der Waals surface area (Å²) in [4.78, 5) is 11.9. The lowest BCUT2D eigenvalue weighted by Gasteiger charge is -2.20. The first kappa shape index (κ1) is 10.1. The van der Waals surface area contributed by atoms with Crippen molar-refractivity contribution in [2.45, 2.75) is 38.0 Å². The quantitative estimate of drug-likeness (QED) is 0.749. The van der Waals surface area contributed by atoms with Crippen molar-refractivity contribution in [3.63, 3.8) is 0 Å². The van der Waals surface area contributed by atoms with Crippen molar-refractivity contribution in [2.75, 3.05) is 0 Å². The lowest BCUT2D eigenvalue weighted by Crippen LogP contribution is -2.08. The second kappa shape index (κ2) is 4.06. The van der Waals surface area contributed by atoms with Crippen LogP contribution in [0.15, 0.2) is 26.7 Å². The molecular formula is C13H14O2S. The zero-order chi connectivity index (χ0) is 11.0. The fourth-order valence-electron chi connectivity index (χ4n) is 2.50. The van der Waals surface area contributed by atoms with Crippen LogP contribution in [0, 0.1) is 0 Å². The van der Waals surface area contributed by atoms with Crippen molar-refractivity contribution in [1.29, 1.82) is 0 Å². The topological polar surface area (TPSA) is 30.2 Å². The molecule has 0 radical (unpaired) electrons. The molecule has 1 aliphatic carbocycles. The molecule has 0 saturated heterocycles. The van der Waals surface area contributed by atoms with Gasteiger partial charge in [0.1, 0.15) is 16.0 Å². The summed E-state index contributed by atoms with van der Waals surface area (Å²) in [5.41, 5.74) is 0.884. The van der Waals surface area contributed by atoms with E-state index in [1.807, 2.05) is 11.4 Å². The lowest BCUT2D eigenvalue weighted by atomic mass is 9.87. The molecule has 3 heteroatoms. The summed E-state index contributed by atoms with van der Waals surface area (Å²) in [5.74, 6) is 1.36. The molecule has 1 saturated carbocycles. The first-order valence-electron chi connectivity index (χ1n) is 5.86. The molecule has 2 aromatic rings. The maximum absolute atomic E-state index is 11.9. The van der Waals surface area contributed by atoms with E-state index in [9.17, 15) is 4.79 Å². The van der Waals surface area contributed by atoms with Crippen molar-refractivity contribution in [3.05, 3.63) is 33.5 Å². The van der Waals surface area contributed by atoms with E-state index in [-0.39, 0.29) is 5.43 Å². The number of thiophene rings is 1. The minimum absolute atomic E-state index is 0.122. The predicted molar refractivity (Wildman–Crippen MR) is 66.2 cm³/mol. The fourth-order valence-corrected chi connectivity index (χ4v) is 3.23. The van der Waals surface area contributed by atoms with Crippen molar-refractivity contribution in [3.8, 4) is 0 Å². The van der Waals surface area contributed by atoms with E-state index >= 15 is 0 Å². The summed E-state index contributed by atoms with van der Waals surface area (Å²) in [6.45, 7) is 0. The minimum atomic E-state index is 0.122. The van der Waals surface area contributed by atoms with Gasteiger partial charge in [-0.1, -0.05) is 19.3 Å². The third-order valence-corrected chi connectivity index (χ3v) is 4.27. The van der Waals surface area contributed by atoms with Gasteiger partial charge in [-0.3, -0.25) is 4.79 Å². The van der Waals surface area contributed by atoms with E-state index in [4.69, 9.17) is 4.42 Å². The van der Waals surface area contributed by atoms with Crippen LogP contribution in [0.25, 0.3) is 10.3 Å². The Morgan fingerprint density at radius 2 is 2.06 bits per heavy atom. The molecule has 0 spiro atoms. The molecule has 2 nitrogen and oxygen atoms in total. The number of hydrogen-bond donors (Lipinski definition) is 0. The molecule has 0 aromatic carbocycles. The molecule has 3 rings (SSSR count). The molecule has 0 aliphatic heterocycles. The average Bonchev–Trinajstić information content (AvgIpc) is 2.79. The van der Waals surface area contributed by atoms with E-state index in [0.29, 0.717) is 5.92 Å². The van der Waals surface area contributed by atoms with Gasteiger partial charge in [-0.25, -0.2) is 0 Å². The second-order valence-electron chi connectivity index (χ2n) is 4.46. The highest BCUT2D eigenvalue weighted by molar-refractivity contribution is 7.17. The van der Waals surface area contributed by atoms with Crippen molar-refractivity contribution in [2.24, 2.45) is 0 Å². The van der Waals surface area contributed by atoms with Crippen LogP contribution in [-0.4, -0.2) is 0 Å². The summed E-state index contributed by atoms with van der Waals surface area (Å²) in [6, 6.07) is 3.60. The average molecular weight is 234 g/mol. The molecular weight excluding hydrogens is 220 g/mol. The molecule has 0 atom stereocenters. The maximum Gasteiger partial charge on any atom is 0.202 e. The van der Waals surface area contributed by atoms with Crippen LogP contribution in [0.2, 0.25) is 0 Å². The Bertz CT molecular complexity index is 546. The fraction of sp³-hybridized carbons (Fsp3) is 0.462. The Kier molecular flexibility index (Phi) is 2.56. The van der Waals surface area contributed by atoms with Crippen LogP contribution >= 0.6 is 11.3 Å². The van der Waals surface area contributed by atoms with Gasteiger partial charge < -0.3 is 4.42 Å².